The molecule has 0 bridgehead atoms. The van der Waals surface area contributed by atoms with Crippen molar-refractivity contribution in [1.29, 1.82) is 0 Å². The number of nitrogens with two attached hydrogens (primary N) is 1. The van der Waals surface area contributed by atoms with Gasteiger partial charge in [-0.1, -0.05) is 72.8 Å². The Morgan fingerprint density at radius 2 is 1.60 bits per heavy atom. The molecule has 5 N–H and O–H groups in total. The first-order chi connectivity index (χ1) is 20.4. The summed E-state index contributed by atoms with van der Waals surface area (Å²) in [5.41, 5.74) is 10.6. The maximum Gasteiger partial charge on any atom is 0.411 e. The molecule has 0 aliphatic heterocycles. The molecule has 0 saturated carbocycles. The number of hydrogen-bond acceptors (Lipinski definition) is 8. The van der Waals surface area contributed by atoms with E-state index >= 15 is 0 Å². The smallest absolute Gasteiger partial charge is 0.411 e. The molecule has 4 rings (SSSR count). The maximum absolute atomic E-state index is 12.9. The summed E-state index contributed by atoms with van der Waals surface area (Å²) in [6.07, 6.45) is -1.36. The van der Waals surface area contributed by atoms with Crippen molar-refractivity contribution in [1.82, 2.24) is 10.3 Å². The number of pyridine rings is 1. The summed E-state index contributed by atoms with van der Waals surface area (Å²) in [5.74, 6) is 0.527. The fraction of sp³-hybridized carbons (Fsp3) is 0.219. The SMILES string of the molecule is CC(Oc1nc(-c2ccccc2)ccc1NCC(N)CS)C(=O)NCc1ccc(NC(=O)OCc2ccccc2)cc1. The Balaban J connectivity index is 1.31. The van der Waals surface area contributed by atoms with E-state index in [1.165, 1.54) is 0 Å². The fourth-order valence-electron chi connectivity index (χ4n) is 3.88. The molecule has 0 spiro atoms. The molecule has 218 valence electrons. The highest BCUT2D eigenvalue weighted by atomic mass is 32.1. The minimum atomic E-state index is -0.817. The monoisotopic (exact) mass is 585 g/mol. The second kappa shape index (κ2) is 15.5. The first-order valence-corrected chi connectivity index (χ1v) is 14.2. The van der Waals surface area contributed by atoms with Gasteiger partial charge >= 0.3 is 6.09 Å². The number of thiol groups is 1. The van der Waals surface area contributed by atoms with Crippen LogP contribution in [0.4, 0.5) is 16.2 Å². The summed E-state index contributed by atoms with van der Waals surface area (Å²) in [6, 6.07) is 29.9. The van der Waals surface area contributed by atoms with Gasteiger partial charge in [-0.25, -0.2) is 9.78 Å². The summed E-state index contributed by atoms with van der Waals surface area (Å²) in [7, 11) is 0. The standard InChI is InChI=1S/C32H35N5O4S/c1-22(41-31-29(34-19-26(33)21-42)17-16-28(37-31)25-10-6-3-7-11-25)30(38)35-18-23-12-14-27(15-13-23)36-32(39)40-20-24-8-4-2-5-9-24/h2-17,22,26,34,42H,18-21,33H2,1H3,(H,35,38)(H,36,39). The number of nitrogens with one attached hydrogen (secondary N) is 3. The second-order valence-electron chi connectivity index (χ2n) is 9.60. The van der Waals surface area contributed by atoms with Crippen LogP contribution in [0.2, 0.25) is 0 Å². The fourth-order valence-corrected chi connectivity index (χ4v) is 4.01. The zero-order valence-corrected chi connectivity index (χ0v) is 24.2. The highest BCUT2D eigenvalue weighted by Gasteiger charge is 2.19. The summed E-state index contributed by atoms with van der Waals surface area (Å²) < 4.78 is 11.3. The normalized spacial score (nSPS) is 12.1. The Bertz CT molecular complexity index is 1440. The van der Waals surface area contributed by atoms with Crippen molar-refractivity contribution in [2.45, 2.75) is 32.2 Å². The highest BCUT2D eigenvalue weighted by molar-refractivity contribution is 7.80. The minimum absolute atomic E-state index is 0.155. The predicted octanol–water partition coefficient (Wildman–Crippen LogP) is 5.25. The Morgan fingerprint density at radius 1 is 0.905 bits per heavy atom. The molecule has 9 nitrogen and oxygen atoms in total. The van der Waals surface area contributed by atoms with Crippen molar-refractivity contribution in [3.05, 3.63) is 108 Å². The second-order valence-corrected chi connectivity index (χ2v) is 9.97. The molecule has 2 unspecified atom stereocenters. The number of hydrogen-bond donors (Lipinski definition) is 5. The molecule has 1 heterocycles. The van der Waals surface area contributed by atoms with E-state index in [1.807, 2.05) is 84.9 Å². The van der Waals surface area contributed by atoms with Crippen LogP contribution in [-0.4, -0.2) is 41.4 Å². The Morgan fingerprint density at radius 3 is 2.29 bits per heavy atom. The number of carbonyl (C=O) groups is 2. The Labute approximate surface area is 251 Å². The van der Waals surface area contributed by atoms with Crippen LogP contribution < -0.4 is 26.4 Å². The molecule has 0 radical (unpaired) electrons. The lowest BCUT2D eigenvalue weighted by Gasteiger charge is -2.19. The van der Waals surface area contributed by atoms with E-state index in [2.05, 4.69) is 33.6 Å². The van der Waals surface area contributed by atoms with Gasteiger partial charge < -0.3 is 25.8 Å². The number of amides is 2. The molecular weight excluding hydrogens is 550 g/mol. The van der Waals surface area contributed by atoms with Crippen LogP contribution in [0.3, 0.4) is 0 Å². The number of benzene rings is 3. The molecule has 4 aromatic rings. The predicted molar refractivity (Wildman–Crippen MR) is 169 cm³/mol. The van der Waals surface area contributed by atoms with Gasteiger partial charge in [0.05, 0.1) is 11.4 Å². The third-order valence-electron chi connectivity index (χ3n) is 6.26. The molecule has 1 aromatic heterocycles. The zero-order valence-electron chi connectivity index (χ0n) is 23.3. The first-order valence-electron chi connectivity index (χ1n) is 13.6. The van der Waals surface area contributed by atoms with Gasteiger partial charge in [-0.3, -0.25) is 10.1 Å². The third kappa shape index (κ3) is 9.25. The van der Waals surface area contributed by atoms with E-state index in [1.54, 1.807) is 19.1 Å². The van der Waals surface area contributed by atoms with Crippen LogP contribution in [-0.2, 0) is 22.7 Å². The summed E-state index contributed by atoms with van der Waals surface area (Å²) in [5, 5.41) is 8.84. The molecule has 2 amide bonds. The van der Waals surface area contributed by atoms with Gasteiger partial charge in [0.25, 0.3) is 5.91 Å². The number of anilines is 2. The zero-order chi connectivity index (χ0) is 29.7. The number of aromatic nitrogens is 1. The van der Waals surface area contributed by atoms with Crippen LogP contribution >= 0.6 is 12.6 Å². The summed E-state index contributed by atoms with van der Waals surface area (Å²) >= 11 is 4.24. The van der Waals surface area contributed by atoms with E-state index in [0.717, 1.165) is 22.4 Å². The average molecular weight is 586 g/mol. The molecule has 0 saturated heterocycles. The van der Waals surface area contributed by atoms with Gasteiger partial charge in [-0.2, -0.15) is 12.6 Å². The summed E-state index contributed by atoms with van der Waals surface area (Å²) in [6.45, 7) is 2.61. The van der Waals surface area contributed by atoms with Crippen molar-refractivity contribution >= 4 is 36.0 Å². The highest BCUT2D eigenvalue weighted by Crippen LogP contribution is 2.28. The quantitative estimate of drug-likeness (QED) is 0.136. The average Bonchev–Trinajstić information content (AvgIpc) is 3.03. The van der Waals surface area contributed by atoms with E-state index in [4.69, 9.17) is 15.2 Å². The van der Waals surface area contributed by atoms with Crippen LogP contribution in [0.5, 0.6) is 5.88 Å². The molecule has 0 fully saturated rings. The third-order valence-corrected chi connectivity index (χ3v) is 6.73. The molecule has 42 heavy (non-hydrogen) atoms. The van der Waals surface area contributed by atoms with Crippen LogP contribution in [0.15, 0.2) is 97.1 Å². The number of nitrogens with zero attached hydrogens (tertiary/aromatic N) is 1. The van der Waals surface area contributed by atoms with Gasteiger partial charge in [-0.15, -0.1) is 0 Å². The van der Waals surface area contributed by atoms with Gasteiger partial charge in [-0.05, 0) is 42.3 Å². The van der Waals surface area contributed by atoms with Gasteiger partial charge in [0.1, 0.15) is 6.61 Å². The van der Waals surface area contributed by atoms with Gasteiger partial charge in [0.2, 0.25) is 5.88 Å². The van der Waals surface area contributed by atoms with E-state index in [9.17, 15) is 9.59 Å². The maximum atomic E-state index is 12.9. The minimum Gasteiger partial charge on any atom is -0.463 e. The molecular formula is C32H35N5O4S. The number of rotatable bonds is 13. The molecule has 3 aromatic carbocycles. The van der Waals surface area contributed by atoms with E-state index < -0.39 is 12.2 Å². The molecule has 0 aliphatic rings. The number of carbonyl (C=O) groups excluding carboxylic acids is 2. The largest absolute Gasteiger partial charge is 0.463 e. The van der Waals surface area contributed by atoms with Crippen molar-refractivity contribution in [2.24, 2.45) is 5.73 Å². The lowest BCUT2D eigenvalue weighted by Crippen LogP contribution is -2.36. The lowest BCUT2D eigenvalue weighted by atomic mass is 10.1. The van der Waals surface area contributed by atoms with Crippen LogP contribution in [0.25, 0.3) is 11.3 Å². The Kier molecular flexibility index (Phi) is 11.2. The van der Waals surface area contributed by atoms with E-state index in [0.29, 0.717) is 29.6 Å². The van der Waals surface area contributed by atoms with Crippen molar-refractivity contribution in [2.75, 3.05) is 22.9 Å². The first kappa shape index (κ1) is 30.4. The van der Waals surface area contributed by atoms with Gasteiger partial charge in [0, 0.05) is 36.1 Å². The summed E-state index contributed by atoms with van der Waals surface area (Å²) in [4.78, 5) is 29.7. The number of ether oxygens (including phenoxy) is 2. The molecule has 10 heteroatoms. The molecule has 2 atom stereocenters. The van der Waals surface area contributed by atoms with Gasteiger partial charge in [0.15, 0.2) is 6.10 Å². The van der Waals surface area contributed by atoms with Crippen molar-refractivity contribution < 1.29 is 19.1 Å². The van der Waals surface area contributed by atoms with Crippen molar-refractivity contribution in [3.8, 4) is 17.1 Å². The topological polar surface area (TPSA) is 128 Å². The van der Waals surface area contributed by atoms with Crippen molar-refractivity contribution in [3.63, 3.8) is 0 Å². The molecule has 0 aliphatic carbocycles. The van der Waals surface area contributed by atoms with E-state index in [-0.39, 0.29) is 25.1 Å². The van der Waals surface area contributed by atoms with Crippen LogP contribution in [0.1, 0.15) is 18.1 Å². The Hall–Kier alpha value is -4.54. The lowest BCUT2D eigenvalue weighted by molar-refractivity contribution is -0.127. The van der Waals surface area contributed by atoms with Crippen LogP contribution in [0, 0.1) is 0 Å².